The van der Waals surface area contributed by atoms with Crippen LogP contribution in [0.2, 0.25) is 0 Å². The fraction of sp³-hybridized carbons (Fsp3) is 0.429. The first-order valence-electron chi connectivity index (χ1n) is 6.27. The molecule has 5 nitrogen and oxygen atoms in total. The zero-order chi connectivity index (χ0) is 14.3. The Kier molecular flexibility index (Phi) is 5.85. The third-order valence-electron chi connectivity index (χ3n) is 2.32. The predicted octanol–water partition coefficient (Wildman–Crippen LogP) is 2.53. The molecule has 0 saturated heterocycles. The second kappa shape index (κ2) is 7.41. The fourth-order valence-electron chi connectivity index (χ4n) is 1.43. The van der Waals surface area contributed by atoms with Gasteiger partial charge in [-0.2, -0.15) is 0 Å². The van der Waals surface area contributed by atoms with E-state index in [2.05, 4.69) is 0 Å². The summed E-state index contributed by atoms with van der Waals surface area (Å²) in [5.41, 5.74) is 0.0856. The van der Waals surface area contributed by atoms with Crippen LogP contribution >= 0.6 is 0 Å². The lowest BCUT2D eigenvalue weighted by atomic mass is 10.1. The lowest BCUT2D eigenvalue weighted by Gasteiger charge is -2.12. The van der Waals surface area contributed by atoms with Crippen molar-refractivity contribution in [3.05, 3.63) is 23.8 Å². The van der Waals surface area contributed by atoms with Crippen LogP contribution in [-0.2, 0) is 4.79 Å². The Morgan fingerprint density at radius 1 is 1.05 bits per heavy atom. The summed E-state index contributed by atoms with van der Waals surface area (Å²) in [6.45, 7) is 4.95. The van der Waals surface area contributed by atoms with E-state index in [-0.39, 0.29) is 5.56 Å². The molecule has 0 heterocycles. The molecule has 104 valence electrons. The van der Waals surface area contributed by atoms with Crippen LogP contribution in [0.15, 0.2) is 18.2 Å². The van der Waals surface area contributed by atoms with Crippen LogP contribution < -0.4 is 9.47 Å². The highest BCUT2D eigenvalue weighted by atomic mass is 16.5. The minimum absolute atomic E-state index is 0.0856. The Morgan fingerprint density at radius 3 is 2.16 bits per heavy atom. The topological polar surface area (TPSA) is 72.8 Å². The number of ketones is 1. The number of carboxylic acids is 1. The van der Waals surface area contributed by atoms with Crippen LogP contribution in [0, 0.1) is 0 Å². The van der Waals surface area contributed by atoms with Gasteiger partial charge in [0.25, 0.3) is 5.78 Å². The summed E-state index contributed by atoms with van der Waals surface area (Å²) in [6.07, 6.45) is 1.66. The van der Waals surface area contributed by atoms with Crippen molar-refractivity contribution in [1.82, 2.24) is 0 Å². The molecule has 0 aromatic heterocycles. The average Bonchev–Trinajstić information content (AvgIpc) is 2.42. The van der Waals surface area contributed by atoms with Gasteiger partial charge in [-0.1, -0.05) is 13.8 Å². The smallest absolute Gasteiger partial charge is 0.377 e. The van der Waals surface area contributed by atoms with Crippen LogP contribution in [0.25, 0.3) is 0 Å². The van der Waals surface area contributed by atoms with E-state index in [0.717, 1.165) is 12.8 Å². The molecule has 0 aliphatic carbocycles. The number of hydrogen-bond acceptors (Lipinski definition) is 4. The third kappa shape index (κ3) is 4.28. The molecule has 0 radical (unpaired) electrons. The monoisotopic (exact) mass is 266 g/mol. The first kappa shape index (κ1) is 15.0. The van der Waals surface area contributed by atoms with E-state index in [9.17, 15) is 9.59 Å². The number of aliphatic carboxylic acids is 1. The summed E-state index contributed by atoms with van der Waals surface area (Å²) in [6, 6.07) is 4.41. The SMILES string of the molecule is CCCOc1ccc(C(=O)C(=O)O)cc1OCCC. The van der Waals surface area contributed by atoms with Gasteiger partial charge in [0.2, 0.25) is 0 Å². The fourth-order valence-corrected chi connectivity index (χ4v) is 1.43. The van der Waals surface area contributed by atoms with Crippen LogP contribution in [0.5, 0.6) is 11.5 Å². The van der Waals surface area contributed by atoms with E-state index in [1.54, 1.807) is 6.07 Å². The minimum Gasteiger partial charge on any atom is -0.490 e. The Hall–Kier alpha value is -2.04. The van der Waals surface area contributed by atoms with E-state index in [1.165, 1.54) is 12.1 Å². The van der Waals surface area contributed by atoms with Gasteiger partial charge in [-0.05, 0) is 31.0 Å². The molecule has 0 aliphatic heterocycles. The Morgan fingerprint density at radius 2 is 1.63 bits per heavy atom. The van der Waals surface area contributed by atoms with Crippen molar-refractivity contribution < 1.29 is 24.2 Å². The summed E-state index contributed by atoms with van der Waals surface area (Å²) < 4.78 is 11.0. The third-order valence-corrected chi connectivity index (χ3v) is 2.32. The summed E-state index contributed by atoms with van der Waals surface area (Å²) >= 11 is 0. The number of carboxylic acid groups (broad SMARTS) is 1. The Balaban J connectivity index is 2.99. The van der Waals surface area contributed by atoms with Gasteiger partial charge in [-0.15, -0.1) is 0 Å². The van der Waals surface area contributed by atoms with Crippen molar-refractivity contribution >= 4 is 11.8 Å². The number of Topliss-reactive ketones (excluding diaryl/α,β-unsaturated/α-hetero) is 1. The number of rotatable bonds is 8. The molecule has 0 bridgehead atoms. The quantitative estimate of drug-likeness (QED) is 0.578. The molecule has 1 N–H and O–H groups in total. The van der Waals surface area contributed by atoms with Crippen LogP contribution in [0.4, 0.5) is 0 Å². The lowest BCUT2D eigenvalue weighted by molar-refractivity contribution is -0.131. The molecular formula is C14H18O5. The van der Waals surface area contributed by atoms with Gasteiger partial charge in [-0.3, -0.25) is 4.79 Å². The molecule has 0 spiro atoms. The molecule has 1 aromatic rings. The Labute approximate surface area is 112 Å². The maximum Gasteiger partial charge on any atom is 0.377 e. The lowest BCUT2D eigenvalue weighted by Crippen LogP contribution is -2.13. The molecular weight excluding hydrogens is 248 g/mol. The number of benzene rings is 1. The van der Waals surface area contributed by atoms with Crippen LogP contribution in [0.1, 0.15) is 37.0 Å². The standard InChI is InChI=1S/C14H18O5/c1-3-7-18-11-6-5-10(13(15)14(16)17)9-12(11)19-8-4-2/h5-6,9H,3-4,7-8H2,1-2H3,(H,16,17). The summed E-state index contributed by atoms with van der Waals surface area (Å²) in [4.78, 5) is 22.1. The average molecular weight is 266 g/mol. The van der Waals surface area contributed by atoms with Crippen molar-refractivity contribution in [3.8, 4) is 11.5 Å². The second-order valence-corrected chi connectivity index (χ2v) is 3.99. The maximum absolute atomic E-state index is 11.4. The molecule has 0 fully saturated rings. The first-order chi connectivity index (χ1) is 9.10. The van der Waals surface area contributed by atoms with Gasteiger partial charge in [0.05, 0.1) is 13.2 Å². The van der Waals surface area contributed by atoms with E-state index in [0.29, 0.717) is 24.7 Å². The van der Waals surface area contributed by atoms with E-state index >= 15 is 0 Å². The predicted molar refractivity (Wildman–Crippen MR) is 70.0 cm³/mol. The normalized spacial score (nSPS) is 10.0. The van der Waals surface area contributed by atoms with E-state index in [1.807, 2.05) is 13.8 Å². The zero-order valence-electron chi connectivity index (χ0n) is 11.1. The molecule has 0 unspecified atom stereocenters. The number of ether oxygens (including phenoxy) is 2. The highest BCUT2D eigenvalue weighted by molar-refractivity contribution is 6.39. The molecule has 1 aromatic carbocycles. The molecule has 5 heteroatoms. The minimum atomic E-state index is -1.48. The zero-order valence-corrected chi connectivity index (χ0v) is 11.1. The molecule has 0 aliphatic rings. The van der Waals surface area contributed by atoms with Gasteiger partial charge in [-0.25, -0.2) is 4.79 Å². The van der Waals surface area contributed by atoms with E-state index in [4.69, 9.17) is 14.6 Å². The van der Waals surface area contributed by atoms with Gasteiger partial charge in [0, 0.05) is 5.56 Å². The van der Waals surface area contributed by atoms with Crippen LogP contribution in [-0.4, -0.2) is 30.1 Å². The Bertz CT molecular complexity index is 453. The summed E-state index contributed by atoms with van der Waals surface area (Å²) in [7, 11) is 0. The van der Waals surface area contributed by atoms with Gasteiger partial charge < -0.3 is 14.6 Å². The molecule has 0 saturated carbocycles. The summed E-state index contributed by atoms with van der Waals surface area (Å²) in [5, 5.41) is 8.69. The van der Waals surface area contributed by atoms with Gasteiger partial charge in [0.15, 0.2) is 11.5 Å². The molecule has 0 atom stereocenters. The van der Waals surface area contributed by atoms with E-state index < -0.39 is 11.8 Å². The number of hydrogen-bond donors (Lipinski definition) is 1. The van der Waals surface area contributed by atoms with Crippen molar-refractivity contribution in [1.29, 1.82) is 0 Å². The first-order valence-corrected chi connectivity index (χ1v) is 6.27. The molecule has 1 rings (SSSR count). The van der Waals surface area contributed by atoms with Crippen molar-refractivity contribution in [3.63, 3.8) is 0 Å². The second-order valence-electron chi connectivity index (χ2n) is 3.99. The number of carbonyl (C=O) groups excluding carboxylic acids is 1. The molecule has 19 heavy (non-hydrogen) atoms. The van der Waals surface area contributed by atoms with Crippen LogP contribution in [0.3, 0.4) is 0 Å². The highest BCUT2D eigenvalue weighted by Crippen LogP contribution is 2.29. The van der Waals surface area contributed by atoms with Gasteiger partial charge >= 0.3 is 5.97 Å². The van der Waals surface area contributed by atoms with Crippen molar-refractivity contribution in [2.75, 3.05) is 13.2 Å². The van der Waals surface area contributed by atoms with Crippen molar-refractivity contribution in [2.45, 2.75) is 26.7 Å². The van der Waals surface area contributed by atoms with Gasteiger partial charge in [0.1, 0.15) is 0 Å². The van der Waals surface area contributed by atoms with Crippen molar-refractivity contribution in [2.24, 2.45) is 0 Å². The number of carbonyl (C=O) groups is 2. The largest absolute Gasteiger partial charge is 0.490 e. The highest BCUT2D eigenvalue weighted by Gasteiger charge is 2.17. The summed E-state index contributed by atoms with van der Waals surface area (Å²) in [5.74, 6) is -1.51. The molecule has 0 amide bonds. The maximum atomic E-state index is 11.4.